The predicted molar refractivity (Wildman–Crippen MR) is 114 cm³/mol. The van der Waals surface area contributed by atoms with E-state index in [2.05, 4.69) is 30.9 Å². The molecule has 10 heteroatoms. The minimum atomic E-state index is -4.74. The van der Waals surface area contributed by atoms with Gasteiger partial charge in [-0.1, -0.05) is 0 Å². The second-order valence-electron chi connectivity index (χ2n) is 8.51. The van der Waals surface area contributed by atoms with E-state index in [-0.39, 0.29) is 11.8 Å². The van der Waals surface area contributed by atoms with Gasteiger partial charge in [-0.05, 0) is 87.1 Å². The summed E-state index contributed by atoms with van der Waals surface area (Å²) in [4.78, 5) is 14.1. The number of hydrogen-bond acceptors (Lipinski definition) is 5. The number of piperidine rings is 1. The van der Waals surface area contributed by atoms with Crippen molar-refractivity contribution in [3.63, 3.8) is 0 Å². The van der Waals surface area contributed by atoms with Crippen molar-refractivity contribution in [2.45, 2.75) is 52.0 Å². The SMILES string of the molecule is CC(C)(C)OC(=O)NCC1CCN(CCCOc2cc(OC(F)(F)F)ccc2Br)CC1. The topological polar surface area (TPSA) is 60.0 Å². The maximum atomic E-state index is 12.4. The molecule has 0 spiro atoms. The number of amides is 1. The Morgan fingerprint density at radius 3 is 2.52 bits per heavy atom. The van der Waals surface area contributed by atoms with E-state index in [0.29, 0.717) is 29.3 Å². The third-order valence-electron chi connectivity index (χ3n) is 4.65. The number of nitrogens with zero attached hydrogens (tertiary/aromatic N) is 1. The zero-order valence-corrected chi connectivity index (χ0v) is 19.6. The van der Waals surface area contributed by atoms with Crippen molar-refractivity contribution < 1.29 is 32.2 Å². The van der Waals surface area contributed by atoms with Gasteiger partial charge in [0.1, 0.15) is 17.1 Å². The number of benzene rings is 1. The van der Waals surface area contributed by atoms with Crippen LogP contribution in [0.5, 0.6) is 11.5 Å². The van der Waals surface area contributed by atoms with Crippen LogP contribution in [0.2, 0.25) is 0 Å². The van der Waals surface area contributed by atoms with Crippen molar-refractivity contribution in [3.8, 4) is 11.5 Å². The van der Waals surface area contributed by atoms with Crippen LogP contribution in [0.15, 0.2) is 22.7 Å². The maximum absolute atomic E-state index is 12.4. The van der Waals surface area contributed by atoms with Gasteiger partial charge < -0.3 is 24.4 Å². The predicted octanol–water partition coefficient (Wildman–Crippen LogP) is 5.35. The Morgan fingerprint density at radius 2 is 1.90 bits per heavy atom. The van der Waals surface area contributed by atoms with Crippen LogP contribution < -0.4 is 14.8 Å². The highest BCUT2D eigenvalue weighted by Crippen LogP contribution is 2.32. The molecule has 0 atom stereocenters. The van der Waals surface area contributed by atoms with Crippen molar-refractivity contribution in [3.05, 3.63) is 22.7 Å². The molecule has 1 fully saturated rings. The van der Waals surface area contributed by atoms with Gasteiger partial charge in [0.2, 0.25) is 0 Å². The summed E-state index contributed by atoms with van der Waals surface area (Å²) in [6.45, 7) is 9.19. The highest BCUT2D eigenvalue weighted by molar-refractivity contribution is 9.10. The van der Waals surface area contributed by atoms with Gasteiger partial charge >= 0.3 is 12.5 Å². The van der Waals surface area contributed by atoms with E-state index in [0.717, 1.165) is 38.9 Å². The van der Waals surface area contributed by atoms with Gasteiger partial charge in [0, 0.05) is 19.2 Å². The van der Waals surface area contributed by atoms with E-state index in [4.69, 9.17) is 9.47 Å². The van der Waals surface area contributed by atoms with Gasteiger partial charge in [0.15, 0.2) is 0 Å². The molecule has 1 aliphatic heterocycles. The Morgan fingerprint density at radius 1 is 1.23 bits per heavy atom. The number of halogens is 4. The lowest BCUT2D eigenvalue weighted by atomic mass is 9.97. The molecular weight excluding hydrogens is 481 g/mol. The van der Waals surface area contributed by atoms with E-state index in [1.165, 1.54) is 18.2 Å². The summed E-state index contributed by atoms with van der Waals surface area (Å²) in [6.07, 6.45) is -2.40. The summed E-state index contributed by atoms with van der Waals surface area (Å²) in [7, 11) is 0. The minimum absolute atomic E-state index is 0.312. The molecule has 0 radical (unpaired) electrons. The first-order valence-electron chi connectivity index (χ1n) is 10.3. The largest absolute Gasteiger partial charge is 0.573 e. The standard InChI is InChI=1S/C21H30BrF3N2O4/c1-20(2,3)31-19(28)26-14-15-7-10-27(11-8-15)9-4-12-29-18-13-16(5-6-17(18)22)30-21(23,24)25/h5-6,13,15H,4,7-12,14H2,1-3H3,(H,26,28). The molecule has 31 heavy (non-hydrogen) atoms. The van der Waals surface area contributed by atoms with E-state index in [1.807, 2.05) is 20.8 Å². The number of carbonyl (C=O) groups is 1. The van der Waals surface area contributed by atoms with Crippen molar-refractivity contribution in [1.82, 2.24) is 10.2 Å². The van der Waals surface area contributed by atoms with Crippen LogP contribution >= 0.6 is 15.9 Å². The van der Waals surface area contributed by atoms with Crippen LogP contribution in [-0.2, 0) is 4.74 Å². The number of ether oxygens (including phenoxy) is 3. The Hall–Kier alpha value is -1.68. The summed E-state index contributed by atoms with van der Waals surface area (Å²) < 4.78 is 52.4. The van der Waals surface area contributed by atoms with Gasteiger partial charge in [-0.15, -0.1) is 13.2 Å². The van der Waals surface area contributed by atoms with Crippen LogP contribution in [0.25, 0.3) is 0 Å². The quantitative estimate of drug-likeness (QED) is 0.477. The Kier molecular flexibility index (Phi) is 9.29. The molecule has 1 aromatic carbocycles. The molecule has 0 bridgehead atoms. The number of alkyl carbamates (subject to hydrolysis) is 1. The van der Waals surface area contributed by atoms with Crippen molar-refractivity contribution in [1.29, 1.82) is 0 Å². The fourth-order valence-corrected chi connectivity index (χ4v) is 3.58. The Bertz CT molecular complexity index is 718. The summed E-state index contributed by atoms with van der Waals surface area (Å²) in [6, 6.07) is 3.92. The van der Waals surface area contributed by atoms with E-state index < -0.39 is 12.0 Å². The number of carbonyl (C=O) groups excluding carboxylic acids is 1. The molecule has 0 saturated carbocycles. The number of hydrogen-bond donors (Lipinski definition) is 1. The van der Waals surface area contributed by atoms with Crippen molar-refractivity contribution in [2.75, 3.05) is 32.8 Å². The highest BCUT2D eigenvalue weighted by Gasteiger charge is 2.31. The third kappa shape index (κ3) is 10.5. The lowest BCUT2D eigenvalue weighted by Gasteiger charge is -2.32. The molecule has 1 aromatic rings. The normalized spacial score (nSPS) is 16.1. The molecule has 0 aliphatic carbocycles. The average molecular weight is 511 g/mol. The first-order chi connectivity index (χ1) is 14.4. The smallest absolute Gasteiger partial charge is 0.492 e. The lowest BCUT2D eigenvalue weighted by Crippen LogP contribution is -2.40. The van der Waals surface area contributed by atoms with Crippen LogP contribution in [0, 0.1) is 5.92 Å². The van der Waals surface area contributed by atoms with Crippen LogP contribution in [-0.4, -0.2) is 55.7 Å². The van der Waals surface area contributed by atoms with Crippen LogP contribution in [0.1, 0.15) is 40.0 Å². The molecule has 0 unspecified atom stereocenters. The lowest BCUT2D eigenvalue weighted by molar-refractivity contribution is -0.274. The first-order valence-corrected chi connectivity index (χ1v) is 11.1. The van der Waals surface area contributed by atoms with Gasteiger partial charge in [-0.25, -0.2) is 4.79 Å². The van der Waals surface area contributed by atoms with E-state index in [1.54, 1.807) is 0 Å². The summed E-state index contributed by atoms with van der Waals surface area (Å²) in [5.74, 6) is 0.425. The first kappa shape index (κ1) is 25.6. The fourth-order valence-electron chi connectivity index (χ4n) is 3.22. The molecule has 1 N–H and O–H groups in total. The van der Waals surface area contributed by atoms with Gasteiger partial charge in [0.25, 0.3) is 0 Å². The maximum Gasteiger partial charge on any atom is 0.573 e. The van der Waals surface area contributed by atoms with Crippen molar-refractivity contribution in [2.24, 2.45) is 5.92 Å². The minimum Gasteiger partial charge on any atom is -0.492 e. The van der Waals surface area contributed by atoms with E-state index in [9.17, 15) is 18.0 Å². The second kappa shape index (κ2) is 11.3. The number of alkyl halides is 3. The van der Waals surface area contributed by atoms with Gasteiger partial charge in [-0.3, -0.25) is 0 Å². The Balaban J connectivity index is 1.64. The van der Waals surface area contributed by atoms with Crippen LogP contribution in [0.4, 0.5) is 18.0 Å². The summed E-state index contributed by atoms with van der Waals surface area (Å²) >= 11 is 3.28. The van der Waals surface area contributed by atoms with Gasteiger partial charge in [-0.2, -0.15) is 0 Å². The number of rotatable bonds is 8. The molecule has 1 saturated heterocycles. The Labute approximate surface area is 189 Å². The average Bonchev–Trinajstić information content (AvgIpc) is 2.64. The number of likely N-dealkylation sites (tertiary alicyclic amines) is 1. The second-order valence-corrected chi connectivity index (χ2v) is 9.36. The molecule has 0 aromatic heterocycles. The molecule has 1 aliphatic rings. The molecular formula is C21H30BrF3N2O4. The molecule has 6 nitrogen and oxygen atoms in total. The summed E-state index contributed by atoms with van der Waals surface area (Å²) in [5, 5.41) is 2.83. The van der Waals surface area contributed by atoms with Crippen molar-refractivity contribution >= 4 is 22.0 Å². The number of nitrogens with one attached hydrogen (secondary N) is 1. The molecule has 176 valence electrons. The monoisotopic (exact) mass is 510 g/mol. The molecule has 1 heterocycles. The fraction of sp³-hybridized carbons (Fsp3) is 0.667. The van der Waals surface area contributed by atoms with Crippen LogP contribution in [0.3, 0.4) is 0 Å². The highest BCUT2D eigenvalue weighted by atomic mass is 79.9. The zero-order valence-electron chi connectivity index (χ0n) is 18.1. The van der Waals surface area contributed by atoms with E-state index >= 15 is 0 Å². The molecule has 2 rings (SSSR count). The summed E-state index contributed by atoms with van der Waals surface area (Å²) in [5.41, 5.74) is -0.502. The zero-order chi connectivity index (χ0) is 23.1. The third-order valence-corrected chi connectivity index (χ3v) is 5.31. The molecule has 1 amide bonds. The van der Waals surface area contributed by atoms with Gasteiger partial charge in [0.05, 0.1) is 11.1 Å².